The Balaban J connectivity index is 2.03. The maximum Gasteiger partial charge on any atom is 0.182 e. The zero-order chi connectivity index (χ0) is 14.7. The number of rotatable bonds is 5. The van der Waals surface area contributed by atoms with Crippen LogP contribution in [0.2, 0.25) is 0 Å². The van der Waals surface area contributed by atoms with Gasteiger partial charge < -0.3 is 11.1 Å². The molecule has 0 aliphatic rings. The van der Waals surface area contributed by atoms with E-state index < -0.39 is 11.6 Å². The van der Waals surface area contributed by atoms with Crippen molar-refractivity contribution in [2.75, 3.05) is 11.9 Å². The van der Waals surface area contributed by atoms with Gasteiger partial charge in [0, 0.05) is 17.0 Å². The van der Waals surface area contributed by atoms with Gasteiger partial charge in [-0.05, 0) is 46.6 Å². The number of thiophene rings is 1. The summed E-state index contributed by atoms with van der Waals surface area (Å²) in [6, 6.07) is 6.77. The molecule has 0 unspecified atom stereocenters. The predicted octanol–water partition coefficient (Wildman–Crippen LogP) is 4.08. The van der Waals surface area contributed by atoms with E-state index in [1.807, 2.05) is 12.1 Å². The van der Waals surface area contributed by atoms with Crippen molar-refractivity contribution >= 4 is 50.2 Å². The minimum atomic E-state index is -1.01. The third-order valence-corrected chi connectivity index (χ3v) is 4.57. The second-order valence-corrected chi connectivity index (χ2v) is 7.02. The van der Waals surface area contributed by atoms with E-state index in [1.165, 1.54) is 12.1 Å². The van der Waals surface area contributed by atoms with Crippen molar-refractivity contribution in [1.82, 2.24) is 0 Å². The first-order valence-corrected chi connectivity index (χ1v) is 7.76. The zero-order valence-corrected chi connectivity index (χ0v) is 13.5. The molecule has 1 aromatic heterocycles. The summed E-state index contributed by atoms with van der Waals surface area (Å²) in [5, 5.41) is 2.87. The summed E-state index contributed by atoms with van der Waals surface area (Å²) in [7, 11) is 0. The lowest BCUT2D eigenvalue weighted by Crippen LogP contribution is -2.14. The highest BCUT2D eigenvalue weighted by atomic mass is 79.9. The predicted molar refractivity (Wildman–Crippen MR) is 86.5 cm³/mol. The smallest absolute Gasteiger partial charge is 0.182 e. The Hall–Kier alpha value is -1.05. The van der Waals surface area contributed by atoms with Crippen molar-refractivity contribution in [2.45, 2.75) is 6.42 Å². The molecule has 1 heterocycles. The summed E-state index contributed by atoms with van der Waals surface area (Å²) in [6.07, 6.45) is 0.731. The van der Waals surface area contributed by atoms with Gasteiger partial charge in [-0.3, -0.25) is 0 Å². The van der Waals surface area contributed by atoms with Crippen LogP contribution in [0.5, 0.6) is 0 Å². The average molecular weight is 377 g/mol. The molecule has 0 amide bonds. The van der Waals surface area contributed by atoms with Crippen molar-refractivity contribution in [1.29, 1.82) is 0 Å². The number of nitrogens with two attached hydrogens (primary N) is 1. The van der Waals surface area contributed by atoms with E-state index in [0.717, 1.165) is 15.1 Å². The van der Waals surface area contributed by atoms with Crippen molar-refractivity contribution < 1.29 is 8.78 Å². The lowest BCUT2D eigenvalue weighted by molar-refractivity contribution is 0.509. The lowest BCUT2D eigenvalue weighted by Gasteiger charge is -2.09. The molecular formula is C13H11BrF2N2S2. The highest BCUT2D eigenvalue weighted by molar-refractivity contribution is 9.11. The van der Waals surface area contributed by atoms with E-state index >= 15 is 0 Å². The molecule has 2 nitrogen and oxygen atoms in total. The van der Waals surface area contributed by atoms with Gasteiger partial charge in [-0.2, -0.15) is 0 Å². The van der Waals surface area contributed by atoms with Gasteiger partial charge in [-0.25, -0.2) is 8.78 Å². The van der Waals surface area contributed by atoms with E-state index in [-0.39, 0.29) is 16.2 Å². The zero-order valence-electron chi connectivity index (χ0n) is 10.3. The van der Waals surface area contributed by atoms with Gasteiger partial charge in [0.25, 0.3) is 0 Å². The maximum absolute atomic E-state index is 13.8. The van der Waals surface area contributed by atoms with Gasteiger partial charge in [-0.15, -0.1) is 11.3 Å². The lowest BCUT2D eigenvalue weighted by atomic mass is 10.1. The van der Waals surface area contributed by atoms with Crippen molar-refractivity contribution in [3.8, 4) is 0 Å². The second-order valence-electron chi connectivity index (χ2n) is 4.04. The molecule has 0 aliphatic heterocycles. The van der Waals surface area contributed by atoms with E-state index in [0.29, 0.717) is 6.54 Å². The molecule has 0 bridgehead atoms. The number of halogens is 3. The molecule has 0 fully saturated rings. The summed E-state index contributed by atoms with van der Waals surface area (Å²) in [5.41, 5.74) is 5.34. The number of thiocarbonyl (C=S) groups is 1. The summed E-state index contributed by atoms with van der Waals surface area (Å²) >= 11 is 9.64. The minimum Gasteiger partial charge on any atom is -0.389 e. The van der Waals surface area contributed by atoms with Crippen molar-refractivity contribution in [3.63, 3.8) is 0 Å². The molecule has 1 aromatic carbocycles. The van der Waals surface area contributed by atoms with Crippen LogP contribution in [-0.2, 0) is 6.42 Å². The van der Waals surface area contributed by atoms with Crippen LogP contribution in [0.4, 0.5) is 14.5 Å². The Morgan fingerprint density at radius 1 is 1.25 bits per heavy atom. The van der Waals surface area contributed by atoms with Crippen LogP contribution in [0.3, 0.4) is 0 Å². The molecule has 2 aromatic rings. The number of hydrogen-bond donors (Lipinski definition) is 2. The fourth-order valence-electron chi connectivity index (χ4n) is 1.68. The van der Waals surface area contributed by atoms with E-state index in [9.17, 15) is 8.78 Å². The summed E-state index contributed by atoms with van der Waals surface area (Å²) in [6.45, 7) is 0.510. The molecular weight excluding hydrogens is 366 g/mol. The number of anilines is 1. The van der Waals surface area contributed by atoms with Gasteiger partial charge in [0.05, 0.1) is 9.47 Å². The van der Waals surface area contributed by atoms with E-state index in [1.54, 1.807) is 11.3 Å². The Morgan fingerprint density at radius 3 is 2.60 bits per heavy atom. The molecule has 0 aliphatic carbocycles. The van der Waals surface area contributed by atoms with Crippen molar-refractivity contribution in [3.05, 3.63) is 50.1 Å². The maximum atomic E-state index is 13.8. The third-order valence-electron chi connectivity index (χ3n) is 2.66. The highest BCUT2D eigenvalue weighted by Gasteiger charge is 2.14. The molecule has 106 valence electrons. The Morgan fingerprint density at radius 2 is 2.00 bits per heavy atom. The van der Waals surface area contributed by atoms with Crippen LogP contribution < -0.4 is 11.1 Å². The normalized spacial score (nSPS) is 10.6. The van der Waals surface area contributed by atoms with Crippen molar-refractivity contribution in [2.24, 2.45) is 5.73 Å². The molecule has 0 radical (unpaired) electrons. The van der Waals surface area contributed by atoms with E-state index in [4.69, 9.17) is 5.73 Å². The number of benzene rings is 1. The Bertz CT molecular complexity index is 643. The Kier molecular flexibility index (Phi) is 5.06. The van der Waals surface area contributed by atoms with Crippen LogP contribution in [0.25, 0.3) is 0 Å². The Labute approximate surface area is 133 Å². The quantitative estimate of drug-likeness (QED) is 0.772. The number of hydrogen-bond acceptors (Lipinski definition) is 3. The molecule has 0 spiro atoms. The monoisotopic (exact) mass is 376 g/mol. The molecule has 7 heteroatoms. The van der Waals surface area contributed by atoms with Crippen LogP contribution in [0, 0.1) is 11.6 Å². The summed E-state index contributed by atoms with van der Waals surface area (Å²) in [4.78, 5) is 1.00. The highest BCUT2D eigenvalue weighted by Crippen LogP contribution is 2.23. The second kappa shape index (κ2) is 6.60. The van der Waals surface area contributed by atoms with E-state index in [2.05, 4.69) is 33.5 Å². The third kappa shape index (κ3) is 3.53. The van der Waals surface area contributed by atoms with Gasteiger partial charge in [0.15, 0.2) is 11.6 Å². The molecule has 2 rings (SSSR count). The van der Waals surface area contributed by atoms with Gasteiger partial charge >= 0.3 is 0 Å². The largest absolute Gasteiger partial charge is 0.389 e. The minimum absolute atomic E-state index is 0.0785. The average Bonchev–Trinajstić information content (AvgIpc) is 2.80. The van der Waals surface area contributed by atoms with Gasteiger partial charge in [-0.1, -0.05) is 12.2 Å². The van der Waals surface area contributed by atoms with Crippen LogP contribution in [-0.4, -0.2) is 11.5 Å². The SMILES string of the molecule is NC(=S)c1ccc(NCCc2ccc(Br)s2)c(F)c1F. The molecule has 20 heavy (non-hydrogen) atoms. The molecule has 0 saturated heterocycles. The fourth-order valence-corrected chi connectivity index (χ4v) is 3.32. The van der Waals surface area contributed by atoms with Crippen LogP contribution >= 0.6 is 39.5 Å². The van der Waals surface area contributed by atoms with Gasteiger partial charge in [0.2, 0.25) is 0 Å². The topological polar surface area (TPSA) is 38.0 Å². The number of nitrogens with one attached hydrogen (secondary N) is 1. The van der Waals surface area contributed by atoms with Crippen LogP contribution in [0.15, 0.2) is 28.1 Å². The molecule has 0 atom stereocenters. The fraction of sp³-hybridized carbons (Fsp3) is 0.154. The first kappa shape index (κ1) is 15.3. The summed E-state index contributed by atoms with van der Waals surface area (Å²) in [5.74, 6) is -1.97. The molecule has 3 N–H and O–H groups in total. The standard InChI is InChI=1S/C13H11BrF2N2S2/c14-10-4-1-7(20-10)5-6-18-9-3-2-8(13(17)19)11(15)12(9)16/h1-4,18H,5-6H2,(H2,17,19). The summed E-state index contributed by atoms with van der Waals surface area (Å²) < 4.78 is 28.5. The first-order chi connectivity index (χ1) is 9.49. The van der Waals surface area contributed by atoms with Gasteiger partial charge in [0.1, 0.15) is 4.99 Å². The van der Waals surface area contributed by atoms with Crippen LogP contribution in [0.1, 0.15) is 10.4 Å². The molecule has 0 saturated carbocycles. The first-order valence-electron chi connectivity index (χ1n) is 5.75.